The summed E-state index contributed by atoms with van der Waals surface area (Å²) in [6.07, 6.45) is 2.89. The number of ether oxygens (including phenoxy) is 2. The zero-order chi connectivity index (χ0) is 17.4. The Labute approximate surface area is 147 Å². The van der Waals surface area contributed by atoms with Crippen LogP contribution in [0.1, 0.15) is 25.7 Å². The first kappa shape index (κ1) is 16.4. The summed E-state index contributed by atoms with van der Waals surface area (Å²) >= 11 is 0. The van der Waals surface area contributed by atoms with Gasteiger partial charge in [0.05, 0.1) is 7.11 Å². The Balaban J connectivity index is 1.45. The van der Waals surface area contributed by atoms with Gasteiger partial charge in [-0.15, -0.1) is 0 Å². The van der Waals surface area contributed by atoms with Crippen LogP contribution in [0.4, 0.5) is 5.69 Å². The van der Waals surface area contributed by atoms with Gasteiger partial charge in [0.25, 0.3) is 5.91 Å². The number of carbonyl (C=O) groups is 2. The molecule has 1 spiro atoms. The molecular formula is C19H24N2O4. The third-order valence-corrected chi connectivity index (χ3v) is 5.66. The Morgan fingerprint density at radius 1 is 1.28 bits per heavy atom. The Kier molecular flexibility index (Phi) is 4.15. The fourth-order valence-electron chi connectivity index (χ4n) is 4.27. The molecule has 1 aromatic carbocycles. The number of hydrogen-bond acceptors (Lipinski definition) is 4. The molecule has 0 radical (unpaired) electrons. The number of nitrogens with zero attached hydrogens (tertiary/aromatic N) is 2. The third-order valence-electron chi connectivity index (χ3n) is 5.66. The third kappa shape index (κ3) is 2.99. The second-order valence-electron chi connectivity index (χ2n) is 7.37. The summed E-state index contributed by atoms with van der Waals surface area (Å²) in [4.78, 5) is 28.9. The molecule has 2 amide bonds. The second-order valence-corrected chi connectivity index (χ2v) is 7.37. The SMILES string of the molecule is COc1ccc(N2CC3(CCN(C(=O)[C@@H]4CCCO4)C3)CC2=O)cc1. The van der Waals surface area contributed by atoms with Crippen molar-refractivity contribution in [3.8, 4) is 5.75 Å². The van der Waals surface area contributed by atoms with Crippen molar-refractivity contribution in [2.45, 2.75) is 31.8 Å². The van der Waals surface area contributed by atoms with Gasteiger partial charge in [-0.2, -0.15) is 0 Å². The van der Waals surface area contributed by atoms with Crippen LogP contribution in [-0.4, -0.2) is 56.2 Å². The van der Waals surface area contributed by atoms with Gasteiger partial charge in [-0.3, -0.25) is 9.59 Å². The van der Waals surface area contributed by atoms with Gasteiger partial charge in [0.2, 0.25) is 5.91 Å². The second kappa shape index (κ2) is 6.33. The number of likely N-dealkylation sites (tertiary alicyclic amines) is 1. The van der Waals surface area contributed by atoms with Crippen molar-refractivity contribution in [2.24, 2.45) is 5.41 Å². The zero-order valence-electron chi connectivity index (χ0n) is 14.6. The van der Waals surface area contributed by atoms with Gasteiger partial charge in [-0.25, -0.2) is 0 Å². The minimum atomic E-state index is -0.273. The van der Waals surface area contributed by atoms with Crippen LogP contribution in [0, 0.1) is 5.41 Å². The van der Waals surface area contributed by atoms with Crippen molar-refractivity contribution < 1.29 is 19.1 Å². The molecule has 0 aliphatic carbocycles. The van der Waals surface area contributed by atoms with Crippen molar-refractivity contribution in [1.29, 1.82) is 0 Å². The Morgan fingerprint density at radius 3 is 2.76 bits per heavy atom. The van der Waals surface area contributed by atoms with Crippen LogP contribution < -0.4 is 9.64 Å². The van der Waals surface area contributed by atoms with E-state index in [-0.39, 0.29) is 23.3 Å². The molecule has 3 fully saturated rings. The number of carbonyl (C=O) groups excluding carboxylic acids is 2. The molecule has 0 aromatic heterocycles. The molecule has 4 rings (SSSR count). The van der Waals surface area contributed by atoms with E-state index in [0.717, 1.165) is 37.2 Å². The first-order valence-electron chi connectivity index (χ1n) is 8.95. The van der Waals surface area contributed by atoms with Crippen LogP contribution in [0.25, 0.3) is 0 Å². The van der Waals surface area contributed by atoms with E-state index in [0.29, 0.717) is 26.1 Å². The van der Waals surface area contributed by atoms with Gasteiger partial charge in [0, 0.05) is 43.8 Å². The molecule has 2 atom stereocenters. The van der Waals surface area contributed by atoms with Crippen LogP contribution >= 0.6 is 0 Å². The maximum absolute atomic E-state index is 12.6. The first-order chi connectivity index (χ1) is 12.1. The quantitative estimate of drug-likeness (QED) is 0.839. The summed E-state index contributed by atoms with van der Waals surface area (Å²) in [5, 5.41) is 0. The average Bonchev–Trinajstić information content (AvgIpc) is 3.36. The van der Waals surface area contributed by atoms with Gasteiger partial charge in [0.15, 0.2) is 0 Å². The molecule has 6 nitrogen and oxygen atoms in total. The molecule has 6 heteroatoms. The van der Waals surface area contributed by atoms with Crippen LogP contribution in [0.15, 0.2) is 24.3 Å². The Hall–Kier alpha value is -2.08. The zero-order valence-corrected chi connectivity index (χ0v) is 14.6. The fraction of sp³-hybridized carbons (Fsp3) is 0.579. The summed E-state index contributed by atoms with van der Waals surface area (Å²) in [6, 6.07) is 7.57. The van der Waals surface area contributed by atoms with Gasteiger partial charge in [-0.1, -0.05) is 0 Å². The highest BCUT2D eigenvalue weighted by Crippen LogP contribution is 2.42. The molecule has 0 bridgehead atoms. The summed E-state index contributed by atoms with van der Waals surface area (Å²) in [7, 11) is 1.63. The normalized spacial score (nSPS) is 29.0. The smallest absolute Gasteiger partial charge is 0.251 e. The Bertz CT molecular complexity index is 669. The highest BCUT2D eigenvalue weighted by atomic mass is 16.5. The largest absolute Gasteiger partial charge is 0.497 e. The molecule has 25 heavy (non-hydrogen) atoms. The summed E-state index contributed by atoms with van der Waals surface area (Å²) in [5.74, 6) is 1.01. The fourth-order valence-corrected chi connectivity index (χ4v) is 4.27. The van der Waals surface area contributed by atoms with Gasteiger partial charge in [0.1, 0.15) is 11.9 Å². The molecule has 1 aromatic rings. The molecule has 0 N–H and O–H groups in total. The van der Waals surface area contributed by atoms with Crippen LogP contribution in [0.2, 0.25) is 0 Å². The number of hydrogen-bond donors (Lipinski definition) is 0. The Morgan fingerprint density at radius 2 is 2.08 bits per heavy atom. The van der Waals surface area contributed by atoms with E-state index < -0.39 is 0 Å². The van der Waals surface area contributed by atoms with E-state index in [1.54, 1.807) is 7.11 Å². The van der Waals surface area contributed by atoms with E-state index in [4.69, 9.17) is 9.47 Å². The van der Waals surface area contributed by atoms with E-state index >= 15 is 0 Å². The number of benzene rings is 1. The first-order valence-corrected chi connectivity index (χ1v) is 8.95. The number of rotatable bonds is 3. The number of anilines is 1. The number of amides is 2. The van der Waals surface area contributed by atoms with Crippen molar-refractivity contribution >= 4 is 17.5 Å². The van der Waals surface area contributed by atoms with Crippen molar-refractivity contribution in [1.82, 2.24) is 4.90 Å². The topological polar surface area (TPSA) is 59.1 Å². The minimum absolute atomic E-state index is 0.102. The van der Waals surface area contributed by atoms with Gasteiger partial charge in [-0.05, 0) is 43.5 Å². The maximum Gasteiger partial charge on any atom is 0.251 e. The van der Waals surface area contributed by atoms with Crippen molar-refractivity contribution in [2.75, 3.05) is 38.3 Å². The summed E-state index contributed by atoms with van der Waals surface area (Å²) in [6.45, 7) is 2.74. The molecule has 3 aliphatic heterocycles. The molecule has 134 valence electrons. The molecular weight excluding hydrogens is 320 g/mol. The van der Waals surface area contributed by atoms with E-state index in [1.807, 2.05) is 34.1 Å². The average molecular weight is 344 g/mol. The van der Waals surface area contributed by atoms with Crippen LogP contribution in [-0.2, 0) is 14.3 Å². The standard InChI is InChI=1S/C19H24N2O4/c1-24-15-6-4-14(5-7-15)21-13-19(11-17(21)22)8-9-20(12-19)18(23)16-3-2-10-25-16/h4-7,16H,2-3,8-13H2,1H3/t16-,19?/m0/s1. The summed E-state index contributed by atoms with van der Waals surface area (Å²) in [5.41, 5.74) is 0.775. The highest BCUT2D eigenvalue weighted by molar-refractivity contribution is 5.96. The van der Waals surface area contributed by atoms with E-state index in [2.05, 4.69) is 0 Å². The van der Waals surface area contributed by atoms with E-state index in [1.165, 1.54) is 0 Å². The minimum Gasteiger partial charge on any atom is -0.497 e. The molecule has 3 heterocycles. The molecule has 1 unspecified atom stereocenters. The predicted molar refractivity (Wildman–Crippen MR) is 92.6 cm³/mol. The summed E-state index contributed by atoms with van der Waals surface area (Å²) < 4.78 is 10.7. The van der Waals surface area contributed by atoms with Crippen molar-refractivity contribution in [3.05, 3.63) is 24.3 Å². The van der Waals surface area contributed by atoms with Gasteiger partial charge < -0.3 is 19.3 Å². The molecule has 3 saturated heterocycles. The molecule has 0 saturated carbocycles. The highest BCUT2D eigenvalue weighted by Gasteiger charge is 2.49. The predicted octanol–water partition coefficient (Wildman–Crippen LogP) is 1.83. The lowest BCUT2D eigenvalue weighted by atomic mass is 9.86. The van der Waals surface area contributed by atoms with Crippen LogP contribution in [0.5, 0.6) is 5.75 Å². The van der Waals surface area contributed by atoms with E-state index in [9.17, 15) is 9.59 Å². The maximum atomic E-state index is 12.6. The van der Waals surface area contributed by atoms with Gasteiger partial charge >= 0.3 is 0 Å². The van der Waals surface area contributed by atoms with Crippen molar-refractivity contribution in [3.63, 3.8) is 0 Å². The monoisotopic (exact) mass is 344 g/mol. The lowest BCUT2D eigenvalue weighted by Crippen LogP contribution is -2.39. The lowest BCUT2D eigenvalue weighted by Gasteiger charge is -2.25. The molecule has 3 aliphatic rings. The number of methoxy groups -OCH3 is 1. The van der Waals surface area contributed by atoms with Crippen LogP contribution in [0.3, 0.4) is 0 Å². The lowest BCUT2D eigenvalue weighted by molar-refractivity contribution is -0.140.